The number of rotatable bonds is 3. The molecule has 4 heteroatoms. The molecule has 0 aliphatic heterocycles. The third kappa shape index (κ3) is 3.36. The van der Waals surface area contributed by atoms with E-state index in [-0.39, 0.29) is 12.4 Å². The number of ketones is 1. The summed E-state index contributed by atoms with van der Waals surface area (Å²) >= 11 is 9.12. The SMILES string of the molecule is CC(=O)COc1ccc(Br)cc1Cl. The van der Waals surface area contributed by atoms with E-state index in [1.807, 2.05) is 0 Å². The number of hydrogen-bond donors (Lipinski definition) is 0. The Morgan fingerprint density at radius 3 is 2.85 bits per heavy atom. The second-order valence-electron chi connectivity index (χ2n) is 2.57. The minimum Gasteiger partial charge on any atom is -0.484 e. The van der Waals surface area contributed by atoms with Crippen LogP contribution in [0.15, 0.2) is 22.7 Å². The van der Waals surface area contributed by atoms with Crippen molar-refractivity contribution in [2.45, 2.75) is 6.92 Å². The van der Waals surface area contributed by atoms with Crippen molar-refractivity contribution in [2.24, 2.45) is 0 Å². The van der Waals surface area contributed by atoms with Crippen LogP contribution in [0.1, 0.15) is 6.92 Å². The predicted octanol–water partition coefficient (Wildman–Crippen LogP) is 3.07. The van der Waals surface area contributed by atoms with Gasteiger partial charge in [-0.2, -0.15) is 0 Å². The van der Waals surface area contributed by atoms with Gasteiger partial charge in [-0.15, -0.1) is 0 Å². The van der Waals surface area contributed by atoms with Crippen LogP contribution in [0, 0.1) is 0 Å². The van der Waals surface area contributed by atoms with E-state index in [2.05, 4.69) is 15.9 Å². The minimum atomic E-state index is -0.0287. The summed E-state index contributed by atoms with van der Waals surface area (Å²) < 4.78 is 6.03. The van der Waals surface area contributed by atoms with Gasteiger partial charge < -0.3 is 4.74 Å². The van der Waals surface area contributed by atoms with Gasteiger partial charge in [0.1, 0.15) is 12.4 Å². The van der Waals surface area contributed by atoms with Gasteiger partial charge in [-0.05, 0) is 25.1 Å². The normalized spacial score (nSPS) is 9.77. The van der Waals surface area contributed by atoms with E-state index in [1.54, 1.807) is 18.2 Å². The molecule has 0 aliphatic carbocycles. The summed E-state index contributed by atoms with van der Waals surface area (Å²) in [6.45, 7) is 1.52. The largest absolute Gasteiger partial charge is 0.484 e. The molecule has 70 valence electrons. The molecule has 13 heavy (non-hydrogen) atoms. The van der Waals surface area contributed by atoms with Crippen LogP contribution in [0.2, 0.25) is 5.02 Å². The van der Waals surface area contributed by atoms with E-state index in [1.165, 1.54) is 6.92 Å². The maximum Gasteiger partial charge on any atom is 0.167 e. The number of carbonyl (C=O) groups is 1. The van der Waals surface area contributed by atoms with Crippen molar-refractivity contribution >= 4 is 33.3 Å². The standard InChI is InChI=1S/C9H8BrClO2/c1-6(12)5-13-9-3-2-7(10)4-8(9)11/h2-4H,5H2,1H3. The summed E-state index contributed by atoms with van der Waals surface area (Å²) in [7, 11) is 0. The van der Waals surface area contributed by atoms with Gasteiger partial charge in [0.15, 0.2) is 5.78 Å². The molecule has 0 N–H and O–H groups in total. The van der Waals surface area contributed by atoms with Gasteiger partial charge >= 0.3 is 0 Å². The van der Waals surface area contributed by atoms with Crippen LogP contribution in [0.4, 0.5) is 0 Å². The van der Waals surface area contributed by atoms with Gasteiger partial charge in [-0.25, -0.2) is 0 Å². The smallest absolute Gasteiger partial charge is 0.167 e. The lowest BCUT2D eigenvalue weighted by Crippen LogP contribution is -2.06. The highest BCUT2D eigenvalue weighted by Gasteiger charge is 2.02. The number of halogens is 2. The Hall–Kier alpha value is -0.540. The molecule has 0 spiro atoms. The Balaban J connectivity index is 2.72. The van der Waals surface area contributed by atoms with Crippen molar-refractivity contribution in [2.75, 3.05) is 6.61 Å². The molecule has 0 saturated heterocycles. The first kappa shape index (κ1) is 10.5. The van der Waals surface area contributed by atoms with Gasteiger partial charge in [-0.3, -0.25) is 4.79 Å². The first-order valence-electron chi connectivity index (χ1n) is 3.67. The van der Waals surface area contributed by atoms with Crippen molar-refractivity contribution < 1.29 is 9.53 Å². The van der Waals surface area contributed by atoms with Gasteiger partial charge in [0, 0.05) is 4.47 Å². The van der Waals surface area contributed by atoms with Crippen LogP contribution in [0.3, 0.4) is 0 Å². The van der Waals surface area contributed by atoms with Crippen LogP contribution < -0.4 is 4.74 Å². The zero-order chi connectivity index (χ0) is 9.84. The molecule has 0 saturated carbocycles. The lowest BCUT2D eigenvalue weighted by molar-refractivity contribution is -0.118. The molecule has 0 aliphatic rings. The maximum absolute atomic E-state index is 10.6. The zero-order valence-electron chi connectivity index (χ0n) is 7.01. The number of ether oxygens (including phenoxy) is 1. The lowest BCUT2D eigenvalue weighted by atomic mass is 10.3. The average molecular weight is 264 g/mol. The third-order valence-corrected chi connectivity index (χ3v) is 2.11. The minimum absolute atomic E-state index is 0.0287. The molecule has 0 bridgehead atoms. The van der Waals surface area contributed by atoms with Gasteiger partial charge in [-0.1, -0.05) is 27.5 Å². The summed E-state index contributed by atoms with van der Waals surface area (Å²) in [5.41, 5.74) is 0. The molecule has 0 amide bonds. The average Bonchev–Trinajstić information content (AvgIpc) is 2.02. The van der Waals surface area contributed by atoms with Crippen LogP contribution in [0.5, 0.6) is 5.75 Å². The van der Waals surface area contributed by atoms with Crippen LogP contribution >= 0.6 is 27.5 Å². The number of Topliss-reactive ketones (excluding diaryl/α,β-unsaturated/α-hetero) is 1. The summed E-state index contributed by atoms with van der Waals surface area (Å²) in [6, 6.07) is 5.24. The zero-order valence-corrected chi connectivity index (χ0v) is 9.35. The molecule has 1 rings (SSSR count). The quantitative estimate of drug-likeness (QED) is 0.838. The Kier molecular flexibility index (Phi) is 3.75. The number of hydrogen-bond acceptors (Lipinski definition) is 2. The highest BCUT2D eigenvalue weighted by Crippen LogP contribution is 2.27. The second-order valence-corrected chi connectivity index (χ2v) is 3.89. The summed E-state index contributed by atoms with van der Waals surface area (Å²) in [5.74, 6) is 0.499. The van der Waals surface area contributed by atoms with Crippen molar-refractivity contribution in [3.8, 4) is 5.75 Å². The van der Waals surface area contributed by atoms with Crippen LogP contribution in [0.25, 0.3) is 0 Å². The van der Waals surface area contributed by atoms with Gasteiger partial charge in [0.25, 0.3) is 0 Å². The first-order chi connectivity index (χ1) is 6.09. The number of carbonyl (C=O) groups excluding carboxylic acids is 1. The van der Waals surface area contributed by atoms with Crippen molar-refractivity contribution in [1.29, 1.82) is 0 Å². The molecule has 1 aromatic rings. The fraction of sp³-hybridized carbons (Fsp3) is 0.222. The third-order valence-electron chi connectivity index (χ3n) is 1.32. The predicted molar refractivity (Wildman–Crippen MR) is 55.3 cm³/mol. The van der Waals surface area contributed by atoms with Gasteiger partial charge in [0.2, 0.25) is 0 Å². The summed E-state index contributed by atoms with van der Waals surface area (Å²) in [4.78, 5) is 10.6. The molecule has 1 aromatic carbocycles. The molecule has 0 aromatic heterocycles. The summed E-state index contributed by atoms with van der Waals surface area (Å²) in [6.07, 6.45) is 0. The summed E-state index contributed by atoms with van der Waals surface area (Å²) in [5, 5.41) is 0.496. The van der Waals surface area contributed by atoms with Crippen molar-refractivity contribution in [3.63, 3.8) is 0 Å². The molecule has 2 nitrogen and oxygen atoms in total. The molecular weight excluding hydrogens is 255 g/mol. The first-order valence-corrected chi connectivity index (χ1v) is 4.84. The Labute approximate surface area is 90.0 Å². The van der Waals surface area contributed by atoms with Gasteiger partial charge in [0.05, 0.1) is 5.02 Å². The molecule has 0 radical (unpaired) electrons. The monoisotopic (exact) mass is 262 g/mol. The van der Waals surface area contributed by atoms with E-state index in [4.69, 9.17) is 16.3 Å². The lowest BCUT2D eigenvalue weighted by Gasteiger charge is -2.05. The van der Waals surface area contributed by atoms with Crippen molar-refractivity contribution in [1.82, 2.24) is 0 Å². The molecule has 0 fully saturated rings. The Morgan fingerprint density at radius 1 is 1.62 bits per heavy atom. The molecular formula is C9H8BrClO2. The number of benzene rings is 1. The highest BCUT2D eigenvalue weighted by molar-refractivity contribution is 9.10. The van der Waals surface area contributed by atoms with Crippen LogP contribution in [-0.2, 0) is 4.79 Å². The van der Waals surface area contributed by atoms with Crippen LogP contribution in [-0.4, -0.2) is 12.4 Å². The van der Waals surface area contributed by atoms with E-state index in [0.717, 1.165) is 4.47 Å². The fourth-order valence-electron chi connectivity index (χ4n) is 0.772. The van der Waals surface area contributed by atoms with E-state index in [9.17, 15) is 4.79 Å². The van der Waals surface area contributed by atoms with E-state index < -0.39 is 0 Å². The Morgan fingerprint density at radius 2 is 2.31 bits per heavy atom. The molecule has 0 atom stereocenters. The molecule has 0 unspecified atom stereocenters. The topological polar surface area (TPSA) is 26.3 Å². The Bertz CT molecular complexity index is 325. The van der Waals surface area contributed by atoms with E-state index >= 15 is 0 Å². The van der Waals surface area contributed by atoms with E-state index in [0.29, 0.717) is 10.8 Å². The highest BCUT2D eigenvalue weighted by atomic mass is 79.9. The van der Waals surface area contributed by atoms with Crippen molar-refractivity contribution in [3.05, 3.63) is 27.7 Å². The molecule has 0 heterocycles. The maximum atomic E-state index is 10.6. The fourth-order valence-corrected chi connectivity index (χ4v) is 1.50. The second kappa shape index (κ2) is 4.63.